The second-order valence-corrected chi connectivity index (χ2v) is 6.12. The van der Waals surface area contributed by atoms with E-state index in [1.165, 1.54) is 6.26 Å². The van der Waals surface area contributed by atoms with Crippen LogP contribution in [0.4, 0.5) is 0 Å². The molecule has 6 heteroatoms. The van der Waals surface area contributed by atoms with Crippen LogP contribution in [0.5, 0.6) is 0 Å². The van der Waals surface area contributed by atoms with Crippen LogP contribution in [-0.2, 0) is 6.42 Å². The van der Waals surface area contributed by atoms with Crippen molar-refractivity contribution >= 4 is 5.91 Å². The lowest BCUT2D eigenvalue weighted by atomic mass is 9.92. The summed E-state index contributed by atoms with van der Waals surface area (Å²) in [5, 5.41) is 3.08. The summed E-state index contributed by atoms with van der Waals surface area (Å²) in [4.78, 5) is 25.9. The van der Waals surface area contributed by atoms with Gasteiger partial charge in [-0.05, 0) is 44.4 Å². The number of aryl methyl sites for hydroxylation is 2. The molecule has 126 valence electrons. The molecule has 1 aliphatic carbocycles. The molecule has 3 aromatic rings. The van der Waals surface area contributed by atoms with E-state index >= 15 is 0 Å². The molecule has 1 amide bonds. The molecule has 0 fully saturated rings. The lowest BCUT2D eigenvalue weighted by Crippen LogP contribution is -2.31. The minimum absolute atomic E-state index is 0.0802. The van der Waals surface area contributed by atoms with Crippen molar-refractivity contribution in [2.45, 2.75) is 32.2 Å². The predicted molar refractivity (Wildman–Crippen MR) is 91.9 cm³/mol. The van der Waals surface area contributed by atoms with Crippen LogP contribution in [0.15, 0.2) is 47.3 Å². The normalized spacial score (nSPS) is 16.3. The SMILES string of the molecule is Cc1occc1C(=O)NC1CCCc2nc(-c3ccccn3)ncc21. The van der Waals surface area contributed by atoms with Crippen LogP contribution in [0, 0.1) is 6.92 Å². The van der Waals surface area contributed by atoms with Gasteiger partial charge in [-0.2, -0.15) is 0 Å². The molecule has 4 rings (SSSR count). The topological polar surface area (TPSA) is 80.9 Å². The van der Waals surface area contributed by atoms with Crippen molar-refractivity contribution in [3.8, 4) is 11.5 Å². The number of carbonyl (C=O) groups excluding carboxylic acids is 1. The van der Waals surface area contributed by atoms with E-state index in [-0.39, 0.29) is 11.9 Å². The number of pyridine rings is 1. The van der Waals surface area contributed by atoms with Crippen molar-refractivity contribution in [1.82, 2.24) is 20.3 Å². The second kappa shape index (κ2) is 6.47. The number of aromatic nitrogens is 3. The molecule has 0 saturated carbocycles. The summed E-state index contributed by atoms with van der Waals surface area (Å²) in [5.41, 5.74) is 3.29. The minimum atomic E-state index is -0.127. The van der Waals surface area contributed by atoms with Crippen molar-refractivity contribution in [3.05, 3.63) is 65.5 Å². The van der Waals surface area contributed by atoms with Crippen LogP contribution in [0.25, 0.3) is 11.5 Å². The number of nitrogens with zero attached hydrogens (tertiary/aromatic N) is 3. The van der Waals surface area contributed by atoms with Gasteiger partial charge in [0.05, 0.1) is 17.9 Å². The molecule has 1 unspecified atom stereocenters. The molecule has 1 atom stereocenters. The van der Waals surface area contributed by atoms with Gasteiger partial charge in [0.15, 0.2) is 5.82 Å². The van der Waals surface area contributed by atoms with E-state index in [1.54, 1.807) is 19.2 Å². The third-order valence-electron chi connectivity index (χ3n) is 4.48. The smallest absolute Gasteiger partial charge is 0.255 e. The van der Waals surface area contributed by atoms with E-state index in [0.717, 1.165) is 36.2 Å². The van der Waals surface area contributed by atoms with Crippen LogP contribution in [-0.4, -0.2) is 20.9 Å². The van der Waals surface area contributed by atoms with Crippen molar-refractivity contribution in [2.75, 3.05) is 0 Å². The number of nitrogens with one attached hydrogen (secondary N) is 1. The highest BCUT2D eigenvalue weighted by Crippen LogP contribution is 2.29. The number of fused-ring (bicyclic) bond motifs is 1. The van der Waals surface area contributed by atoms with Gasteiger partial charge in [-0.15, -0.1) is 0 Å². The summed E-state index contributed by atoms with van der Waals surface area (Å²) in [5.74, 6) is 1.12. The highest BCUT2D eigenvalue weighted by molar-refractivity contribution is 5.95. The van der Waals surface area contributed by atoms with E-state index in [9.17, 15) is 4.79 Å². The lowest BCUT2D eigenvalue weighted by molar-refractivity contribution is 0.0931. The van der Waals surface area contributed by atoms with Crippen LogP contribution in [0.1, 0.15) is 46.3 Å². The zero-order chi connectivity index (χ0) is 17.2. The number of rotatable bonds is 3. The average molecular weight is 334 g/mol. The van der Waals surface area contributed by atoms with Crippen molar-refractivity contribution in [2.24, 2.45) is 0 Å². The average Bonchev–Trinajstić information content (AvgIpc) is 3.08. The molecular weight excluding hydrogens is 316 g/mol. The summed E-state index contributed by atoms with van der Waals surface area (Å²) < 4.78 is 5.22. The van der Waals surface area contributed by atoms with Gasteiger partial charge in [-0.3, -0.25) is 9.78 Å². The van der Waals surface area contributed by atoms with Crippen molar-refractivity contribution in [1.29, 1.82) is 0 Å². The fourth-order valence-corrected chi connectivity index (χ4v) is 3.17. The third kappa shape index (κ3) is 3.03. The molecule has 1 aliphatic rings. The molecule has 0 radical (unpaired) electrons. The van der Waals surface area contributed by atoms with Crippen molar-refractivity contribution in [3.63, 3.8) is 0 Å². The Balaban J connectivity index is 1.60. The highest BCUT2D eigenvalue weighted by atomic mass is 16.3. The summed E-state index contributed by atoms with van der Waals surface area (Å²) in [7, 11) is 0. The van der Waals surface area contributed by atoms with Gasteiger partial charge in [0, 0.05) is 23.7 Å². The molecule has 3 aromatic heterocycles. The first-order valence-electron chi connectivity index (χ1n) is 8.34. The maximum atomic E-state index is 12.5. The van der Waals surface area contributed by atoms with Gasteiger partial charge in [0.1, 0.15) is 11.5 Å². The number of hydrogen-bond donors (Lipinski definition) is 1. The monoisotopic (exact) mass is 334 g/mol. The Labute approximate surface area is 145 Å². The van der Waals surface area contributed by atoms with Crippen LogP contribution >= 0.6 is 0 Å². The van der Waals surface area contributed by atoms with E-state index in [0.29, 0.717) is 17.1 Å². The molecule has 0 saturated heterocycles. The first kappa shape index (κ1) is 15.5. The van der Waals surface area contributed by atoms with E-state index in [4.69, 9.17) is 4.42 Å². The fourth-order valence-electron chi connectivity index (χ4n) is 3.17. The molecule has 0 spiro atoms. The van der Waals surface area contributed by atoms with Gasteiger partial charge >= 0.3 is 0 Å². The molecule has 0 bridgehead atoms. The van der Waals surface area contributed by atoms with Crippen LogP contribution < -0.4 is 5.32 Å². The Morgan fingerprint density at radius 2 is 2.20 bits per heavy atom. The van der Waals surface area contributed by atoms with Crippen LogP contribution in [0.2, 0.25) is 0 Å². The fraction of sp³-hybridized carbons (Fsp3) is 0.263. The van der Waals surface area contributed by atoms with Crippen LogP contribution in [0.3, 0.4) is 0 Å². The van der Waals surface area contributed by atoms with Gasteiger partial charge in [0.2, 0.25) is 0 Å². The first-order chi connectivity index (χ1) is 12.2. The number of amides is 1. The number of hydrogen-bond acceptors (Lipinski definition) is 5. The quantitative estimate of drug-likeness (QED) is 0.795. The number of carbonyl (C=O) groups is 1. The summed E-state index contributed by atoms with van der Waals surface area (Å²) >= 11 is 0. The van der Waals surface area contributed by atoms with Gasteiger partial charge in [-0.1, -0.05) is 6.07 Å². The molecule has 6 nitrogen and oxygen atoms in total. The Hall–Kier alpha value is -3.02. The molecule has 1 N–H and O–H groups in total. The van der Waals surface area contributed by atoms with E-state index < -0.39 is 0 Å². The summed E-state index contributed by atoms with van der Waals surface area (Å²) in [6.45, 7) is 1.78. The zero-order valence-corrected chi connectivity index (χ0v) is 13.9. The highest BCUT2D eigenvalue weighted by Gasteiger charge is 2.25. The maximum Gasteiger partial charge on any atom is 0.255 e. The van der Waals surface area contributed by atoms with Gasteiger partial charge in [-0.25, -0.2) is 9.97 Å². The Morgan fingerprint density at radius 1 is 1.28 bits per heavy atom. The van der Waals surface area contributed by atoms with Gasteiger partial charge < -0.3 is 9.73 Å². The lowest BCUT2D eigenvalue weighted by Gasteiger charge is -2.25. The third-order valence-corrected chi connectivity index (χ3v) is 4.48. The zero-order valence-electron chi connectivity index (χ0n) is 13.9. The van der Waals surface area contributed by atoms with E-state index in [2.05, 4.69) is 20.3 Å². The molecule has 0 aromatic carbocycles. The summed E-state index contributed by atoms with van der Waals surface area (Å²) in [6, 6.07) is 7.29. The minimum Gasteiger partial charge on any atom is -0.469 e. The second-order valence-electron chi connectivity index (χ2n) is 6.12. The Kier molecular flexibility index (Phi) is 4.01. The summed E-state index contributed by atoms with van der Waals surface area (Å²) in [6.07, 6.45) is 7.81. The predicted octanol–water partition coefficient (Wildman–Crippen LogP) is 3.25. The largest absolute Gasteiger partial charge is 0.469 e. The molecule has 25 heavy (non-hydrogen) atoms. The van der Waals surface area contributed by atoms with Gasteiger partial charge in [0.25, 0.3) is 5.91 Å². The van der Waals surface area contributed by atoms with E-state index in [1.807, 2.05) is 24.4 Å². The Morgan fingerprint density at radius 3 is 2.96 bits per heavy atom. The molecular formula is C19H18N4O2. The van der Waals surface area contributed by atoms with Crippen molar-refractivity contribution < 1.29 is 9.21 Å². The maximum absolute atomic E-state index is 12.5. The first-order valence-corrected chi connectivity index (χ1v) is 8.34. The molecule has 0 aliphatic heterocycles. The number of furan rings is 1. The Bertz CT molecular complexity index is 905. The molecule has 3 heterocycles. The standard InChI is InChI=1S/C19H18N4O2/c1-12-13(8-10-25-12)19(24)23-16-7-4-6-15-14(16)11-21-18(22-15)17-5-2-3-9-20-17/h2-3,5,8-11,16H,4,6-7H2,1H3,(H,23,24).